The highest BCUT2D eigenvalue weighted by Gasteiger charge is 2.25. The number of aromatic nitrogens is 4. The van der Waals surface area contributed by atoms with Crippen molar-refractivity contribution in [2.75, 3.05) is 5.32 Å². The maximum atomic E-state index is 11.2. The maximum Gasteiger partial charge on any atom is 0.334 e. The lowest BCUT2D eigenvalue weighted by atomic mass is 10.3. The third-order valence-electron chi connectivity index (χ3n) is 2.97. The molecule has 2 aromatic rings. The number of nitrogens with one attached hydrogen (secondary N) is 1. The Morgan fingerprint density at radius 1 is 1.50 bits per heavy atom. The molecule has 2 rings (SSSR count). The molecular formula is C12H18N6O2. The summed E-state index contributed by atoms with van der Waals surface area (Å²) in [6, 6.07) is 0.235. The Balaban J connectivity index is 2.38. The van der Waals surface area contributed by atoms with Crippen LogP contribution in [0.25, 0.3) is 0 Å². The van der Waals surface area contributed by atoms with Crippen LogP contribution >= 0.6 is 0 Å². The normalized spacial score (nSPS) is 11.1. The van der Waals surface area contributed by atoms with E-state index in [9.17, 15) is 10.1 Å². The molecule has 0 radical (unpaired) electrons. The molecule has 0 amide bonds. The van der Waals surface area contributed by atoms with Gasteiger partial charge >= 0.3 is 5.69 Å². The zero-order valence-corrected chi connectivity index (χ0v) is 12.0. The third-order valence-corrected chi connectivity index (χ3v) is 2.97. The van der Waals surface area contributed by atoms with Crippen LogP contribution in [0.3, 0.4) is 0 Å². The lowest BCUT2D eigenvalue weighted by Crippen LogP contribution is -2.04. The van der Waals surface area contributed by atoms with Gasteiger partial charge in [0.2, 0.25) is 5.82 Å². The number of rotatable bonds is 5. The molecule has 0 fully saturated rings. The van der Waals surface area contributed by atoms with Gasteiger partial charge < -0.3 is 5.32 Å². The summed E-state index contributed by atoms with van der Waals surface area (Å²) in [5.74, 6) is 0.387. The van der Waals surface area contributed by atoms with Crippen LogP contribution < -0.4 is 5.32 Å². The second-order valence-corrected chi connectivity index (χ2v) is 4.78. The average Bonchev–Trinajstić information content (AvgIpc) is 2.94. The van der Waals surface area contributed by atoms with Crippen LogP contribution in [0, 0.1) is 17.0 Å². The Morgan fingerprint density at radius 3 is 2.70 bits per heavy atom. The Hall–Kier alpha value is -2.38. The van der Waals surface area contributed by atoms with Crippen LogP contribution in [0.2, 0.25) is 0 Å². The van der Waals surface area contributed by atoms with E-state index in [1.807, 2.05) is 27.0 Å². The molecule has 1 N–H and O–H groups in total. The fourth-order valence-electron chi connectivity index (χ4n) is 1.96. The van der Waals surface area contributed by atoms with Crippen LogP contribution in [-0.4, -0.2) is 24.5 Å². The molecule has 8 nitrogen and oxygen atoms in total. The van der Waals surface area contributed by atoms with Crippen molar-refractivity contribution in [3.8, 4) is 0 Å². The van der Waals surface area contributed by atoms with E-state index in [-0.39, 0.29) is 11.7 Å². The molecule has 0 aliphatic rings. The number of nitrogens with zero attached hydrogens (tertiary/aromatic N) is 5. The number of nitro groups is 1. The molecule has 20 heavy (non-hydrogen) atoms. The summed E-state index contributed by atoms with van der Waals surface area (Å²) in [5.41, 5.74) is 1.11. The molecule has 0 saturated heterocycles. The predicted octanol–water partition coefficient (Wildman–Crippen LogP) is 2.64. The second kappa shape index (κ2) is 5.32. The first-order valence-electron chi connectivity index (χ1n) is 6.47. The quantitative estimate of drug-likeness (QED) is 0.670. The highest BCUT2D eigenvalue weighted by Crippen LogP contribution is 2.30. The molecule has 0 spiro atoms. The van der Waals surface area contributed by atoms with Gasteiger partial charge in [-0.2, -0.15) is 10.2 Å². The van der Waals surface area contributed by atoms with Gasteiger partial charge in [0.1, 0.15) is 5.69 Å². The van der Waals surface area contributed by atoms with E-state index >= 15 is 0 Å². The summed E-state index contributed by atoms with van der Waals surface area (Å²) in [4.78, 5) is 10.8. The number of hydrogen-bond acceptors (Lipinski definition) is 5. The predicted molar refractivity (Wildman–Crippen MR) is 75.2 cm³/mol. The first-order valence-corrected chi connectivity index (χ1v) is 6.47. The molecule has 0 saturated carbocycles. The molecule has 0 unspecified atom stereocenters. The minimum Gasteiger partial charge on any atom is -0.332 e. The highest BCUT2D eigenvalue weighted by molar-refractivity contribution is 5.67. The Kier molecular flexibility index (Phi) is 3.73. The lowest BCUT2D eigenvalue weighted by molar-refractivity contribution is -0.384. The lowest BCUT2D eigenvalue weighted by Gasteiger charge is -2.06. The van der Waals surface area contributed by atoms with Gasteiger partial charge in [-0.05, 0) is 27.7 Å². The molecule has 2 heterocycles. The summed E-state index contributed by atoms with van der Waals surface area (Å²) >= 11 is 0. The Morgan fingerprint density at radius 2 is 2.20 bits per heavy atom. The van der Waals surface area contributed by atoms with Gasteiger partial charge in [-0.15, -0.1) is 0 Å². The van der Waals surface area contributed by atoms with Crippen LogP contribution in [0.1, 0.15) is 32.5 Å². The molecule has 108 valence electrons. The first-order chi connectivity index (χ1) is 9.43. The Labute approximate surface area is 116 Å². The van der Waals surface area contributed by atoms with Crippen LogP contribution in [0.5, 0.6) is 0 Å². The molecule has 0 aromatic carbocycles. The molecule has 0 bridgehead atoms. The van der Waals surface area contributed by atoms with Crippen molar-refractivity contribution < 1.29 is 4.92 Å². The summed E-state index contributed by atoms with van der Waals surface area (Å²) in [6.07, 6.45) is 3.46. The van der Waals surface area contributed by atoms with E-state index in [0.717, 1.165) is 0 Å². The van der Waals surface area contributed by atoms with Crippen molar-refractivity contribution in [2.45, 2.75) is 40.3 Å². The molecule has 0 atom stereocenters. The van der Waals surface area contributed by atoms with Crippen LogP contribution in [0.4, 0.5) is 17.2 Å². The fourth-order valence-corrected chi connectivity index (χ4v) is 1.96. The van der Waals surface area contributed by atoms with E-state index < -0.39 is 4.92 Å². The first kappa shape index (κ1) is 14.0. The largest absolute Gasteiger partial charge is 0.334 e. The zero-order valence-electron chi connectivity index (χ0n) is 12.0. The van der Waals surface area contributed by atoms with Gasteiger partial charge in [-0.3, -0.25) is 14.8 Å². The molecule has 8 heteroatoms. The third kappa shape index (κ3) is 2.49. The van der Waals surface area contributed by atoms with Crippen LogP contribution in [0.15, 0.2) is 12.4 Å². The van der Waals surface area contributed by atoms with E-state index in [4.69, 9.17) is 0 Å². The van der Waals surface area contributed by atoms with Crippen LogP contribution in [-0.2, 0) is 6.54 Å². The number of anilines is 2. The standard InChI is InChI=1S/C12H18N6O2/c1-5-16-12(11(18(19)20)9(4)15-16)14-10-6-13-17(7-10)8(2)3/h6-8,14H,5H2,1-4H3. The van der Waals surface area contributed by atoms with Crippen molar-refractivity contribution in [3.05, 3.63) is 28.2 Å². The zero-order chi connectivity index (χ0) is 14.9. The van der Waals surface area contributed by atoms with E-state index in [2.05, 4.69) is 15.5 Å². The van der Waals surface area contributed by atoms with Gasteiger partial charge in [0, 0.05) is 18.8 Å². The van der Waals surface area contributed by atoms with Crippen molar-refractivity contribution in [1.82, 2.24) is 19.6 Å². The SMILES string of the molecule is CCn1nc(C)c([N+](=O)[O-])c1Nc1cnn(C(C)C)c1. The van der Waals surface area contributed by atoms with Gasteiger partial charge in [0.25, 0.3) is 0 Å². The molecule has 0 aliphatic carbocycles. The molecule has 0 aliphatic heterocycles. The molecule has 2 aromatic heterocycles. The topological polar surface area (TPSA) is 90.8 Å². The van der Waals surface area contributed by atoms with Gasteiger partial charge in [0.05, 0.1) is 16.8 Å². The van der Waals surface area contributed by atoms with Crippen molar-refractivity contribution in [3.63, 3.8) is 0 Å². The van der Waals surface area contributed by atoms with Gasteiger partial charge in [0.15, 0.2) is 0 Å². The average molecular weight is 278 g/mol. The van der Waals surface area contributed by atoms with Crippen molar-refractivity contribution >= 4 is 17.2 Å². The number of hydrogen-bond donors (Lipinski definition) is 1. The van der Waals surface area contributed by atoms with Gasteiger partial charge in [-0.1, -0.05) is 0 Å². The van der Waals surface area contributed by atoms with Gasteiger partial charge in [-0.25, -0.2) is 4.68 Å². The minimum absolute atomic E-state index is 0.00384. The monoisotopic (exact) mass is 278 g/mol. The Bertz CT molecular complexity index is 628. The number of aryl methyl sites for hydroxylation is 2. The smallest absolute Gasteiger partial charge is 0.332 e. The van der Waals surface area contributed by atoms with E-state index in [1.54, 1.807) is 22.5 Å². The molecular weight excluding hydrogens is 260 g/mol. The maximum absolute atomic E-state index is 11.2. The summed E-state index contributed by atoms with van der Waals surface area (Å²) in [5, 5.41) is 22.6. The summed E-state index contributed by atoms with van der Waals surface area (Å²) in [6.45, 7) is 8.10. The fraction of sp³-hybridized carbons (Fsp3) is 0.500. The van der Waals surface area contributed by atoms with Crippen molar-refractivity contribution in [2.24, 2.45) is 0 Å². The second-order valence-electron chi connectivity index (χ2n) is 4.78. The van der Waals surface area contributed by atoms with E-state index in [1.165, 1.54) is 0 Å². The highest BCUT2D eigenvalue weighted by atomic mass is 16.6. The summed E-state index contributed by atoms with van der Waals surface area (Å²) in [7, 11) is 0. The van der Waals surface area contributed by atoms with E-state index in [0.29, 0.717) is 23.7 Å². The summed E-state index contributed by atoms with van der Waals surface area (Å²) < 4.78 is 3.37. The minimum atomic E-state index is -0.413. The van der Waals surface area contributed by atoms with Crippen molar-refractivity contribution in [1.29, 1.82) is 0 Å².